The van der Waals surface area contributed by atoms with E-state index in [0.717, 1.165) is 12.8 Å². The van der Waals surface area contributed by atoms with E-state index < -0.39 is 11.8 Å². The van der Waals surface area contributed by atoms with Gasteiger partial charge < -0.3 is 14.2 Å². The molecule has 0 aromatic heterocycles. The van der Waals surface area contributed by atoms with Gasteiger partial charge in [0.05, 0.1) is 19.8 Å². The van der Waals surface area contributed by atoms with E-state index in [4.69, 9.17) is 25.8 Å². The normalized spacial score (nSPS) is 22.6. The molecule has 1 aromatic rings. The minimum atomic E-state index is -1.46. The van der Waals surface area contributed by atoms with Gasteiger partial charge in [0.2, 0.25) is 0 Å². The molecule has 4 nitrogen and oxygen atoms in total. The Morgan fingerprint density at radius 2 is 1.86 bits per heavy atom. The lowest BCUT2D eigenvalue weighted by molar-refractivity contribution is -0.316. The zero-order chi connectivity index (χ0) is 14.9. The third-order valence-corrected chi connectivity index (χ3v) is 4.60. The van der Waals surface area contributed by atoms with Crippen LogP contribution in [0.25, 0.3) is 0 Å². The number of carbonyl (C=O) groups excluding carboxylic acids is 1. The van der Waals surface area contributed by atoms with Crippen molar-refractivity contribution in [2.24, 2.45) is 5.41 Å². The van der Waals surface area contributed by atoms with E-state index in [-0.39, 0.29) is 12.0 Å². The van der Waals surface area contributed by atoms with Crippen molar-refractivity contribution >= 4 is 17.6 Å². The first-order valence-corrected chi connectivity index (χ1v) is 7.69. The minimum absolute atomic E-state index is 0.0857. The number of hydrogen-bond donors (Lipinski definition) is 0. The number of hydrogen-bond acceptors (Lipinski definition) is 4. The molecule has 21 heavy (non-hydrogen) atoms. The van der Waals surface area contributed by atoms with Crippen LogP contribution in [0.5, 0.6) is 0 Å². The highest BCUT2D eigenvalue weighted by atomic mass is 35.5. The fourth-order valence-corrected chi connectivity index (χ4v) is 2.98. The zero-order valence-corrected chi connectivity index (χ0v) is 12.8. The Bertz CT molecular complexity index is 512. The smallest absolute Gasteiger partial charge is 0.372 e. The first-order valence-electron chi connectivity index (χ1n) is 7.31. The summed E-state index contributed by atoms with van der Waals surface area (Å²) >= 11 is 5.92. The van der Waals surface area contributed by atoms with Gasteiger partial charge in [0, 0.05) is 16.0 Å². The quantitative estimate of drug-likeness (QED) is 0.804. The Balaban J connectivity index is 1.88. The van der Waals surface area contributed by atoms with Gasteiger partial charge >= 0.3 is 5.97 Å². The highest BCUT2D eigenvalue weighted by Crippen LogP contribution is 2.48. The topological polar surface area (TPSA) is 44.8 Å². The number of benzene rings is 1. The Morgan fingerprint density at radius 3 is 2.33 bits per heavy atom. The van der Waals surface area contributed by atoms with Crippen LogP contribution in [0.15, 0.2) is 24.3 Å². The standard InChI is InChI=1S/C16H19ClO4/c1-2-19-14(18)16(12-4-6-13(17)7-5-12)20-10-15(11-21-16)8-3-9-15/h4-7H,2-3,8-11H2,1H3. The predicted octanol–water partition coefficient (Wildman–Crippen LogP) is 3.27. The van der Waals surface area contributed by atoms with Crippen molar-refractivity contribution in [2.75, 3.05) is 19.8 Å². The van der Waals surface area contributed by atoms with Crippen molar-refractivity contribution in [1.29, 1.82) is 0 Å². The van der Waals surface area contributed by atoms with E-state index in [0.29, 0.717) is 23.8 Å². The molecule has 0 atom stereocenters. The minimum Gasteiger partial charge on any atom is -0.462 e. The summed E-state index contributed by atoms with van der Waals surface area (Å²) in [4.78, 5) is 12.4. The van der Waals surface area contributed by atoms with Gasteiger partial charge in [-0.3, -0.25) is 0 Å². The molecule has 5 heteroatoms. The molecule has 2 fully saturated rings. The Labute approximate surface area is 129 Å². The molecule has 1 spiro atoms. The van der Waals surface area contributed by atoms with E-state index >= 15 is 0 Å². The Hall–Kier alpha value is -1.10. The molecule has 1 heterocycles. The average Bonchev–Trinajstić information content (AvgIpc) is 2.47. The molecule has 0 N–H and O–H groups in total. The maximum atomic E-state index is 12.4. The van der Waals surface area contributed by atoms with Crippen molar-refractivity contribution in [3.8, 4) is 0 Å². The third-order valence-electron chi connectivity index (χ3n) is 4.35. The van der Waals surface area contributed by atoms with Crippen LogP contribution in [0.1, 0.15) is 31.7 Å². The van der Waals surface area contributed by atoms with Crippen molar-refractivity contribution in [1.82, 2.24) is 0 Å². The number of esters is 1. The molecule has 1 aromatic carbocycles. The van der Waals surface area contributed by atoms with E-state index in [2.05, 4.69) is 0 Å². The van der Waals surface area contributed by atoms with E-state index in [9.17, 15) is 4.79 Å². The average molecular weight is 311 g/mol. The first-order chi connectivity index (χ1) is 10.1. The summed E-state index contributed by atoms with van der Waals surface area (Å²) in [7, 11) is 0. The van der Waals surface area contributed by atoms with Gasteiger partial charge in [-0.05, 0) is 31.9 Å². The van der Waals surface area contributed by atoms with Gasteiger partial charge in [0.15, 0.2) is 0 Å². The van der Waals surface area contributed by atoms with Crippen LogP contribution in [0, 0.1) is 5.41 Å². The van der Waals surface area contributed by atoms with E-state index in [1.165, 1.54) is 6.42 Å². The van der Waals surface area contributed by atoms with Crippen molar-refractivity contribution in [3.05, 3.63) is 34.9 Å². The Kier molecular flexibility index (Phi) is 3.95. The highest BCUT2D eigenvalue weighted by Gasteiger charge is 2.53. The van der Waals surface area contributed by atoms with Crippen molar-refractivity contribution < 1.29 is 19.0 Å². The largest absolute Gasteiger partial charge is 0.462 e. The summed E-state index contributed by atoms with van der Waals surface area (Å²) in [6, 6.07) is 6.94. The van der Waals surface area contributed by atoms with Gasteiger partial charge in [-0.2, -0.15) is 0 Å². The summed E-state index contributed by atoms with van der Waals surface area (Å²) in [6.07, 6.45) is 3.37. The summed E-state index contributed by atoms with van der Waals surface area (Å²) < 4.78 is 17.0. The van der Waals surface area contributed by atoms with Crippen LogP contribution in [-0.4, -0.2) is 25.8 Å². The summed E-state index contributed by atoms with van der Waals surface area (Å²) in [5, 5.41) is 0.601. The first kappa shape index (κ1) is 14.8. The molecule has 1 aliphatic carbocycles. The van der Waals surface area contributed by atoms with Crippen molar-refractivity contribution in [3.63, 3.8) is 0 Å². The lowest BCUT2D eigenvalue weighted by Gasteiger charge is -2.49. The molecule has 0 unspecified atom stereocenters. The maximum absolute atomic E-state index is 12.4. The number of ether oxygens (including phenoxy) is 3. The van der Waals surface area contributed by atoms with Gasteiger partial charge in [-0.1, -0.05) is 30.2 Å². The molecule has 0 bridgehead atoms. The van der Waals surface area contributed by atoms with Gasteiger partial charge in [0.25, 0.3) is 5.79 Å². The second-order valence-corrected chi connectivity index (χ2v) is 6.21. The summed E-state index contributed by atoms with van der Waals surface area (Å²) in [5.74, 6) is -1.96. The van der Waals surface area contributed by atoms with Gasteiger partial charge in [0.1, 0.15) is 0 Å². The molecule has 1 saturated carbocycles. The maximum Gasteiger partial charge on any atom is 0.372 e. The van der Waals surface area contributed by atoms with Crippen LogP contribution in [-0.2, 0) is 24.8 Å². The SMILES string of the molecule is CCOC(=O)C1(c2ccc(Cl)cc2)OCC2(CCC2)CO1. The predicted molar refractivity (Wildman–Crippen MR) is 78.0 cm³/mol. The monoisotopic (exact) mass is 310 g/mol. The van der Waals surface area contributed by atoms with Crippen molar-refractivity contribution in [2.45, 2.75) is 32.0 Å². The van der Waals surface area contributed by atoms with Crippen LogP contribution in [0.4, 0.5) is 0 Å². The second kappa shape index (κ2) is 5.59. The third kappa shape index (κ3) is 2.56. The fourth-order valence-electron chi connectivity index (χ4n) is 2.86. The molecule has 1 aliphatic heterocycles. The molecular formula is C16H19ClO4. The van der Waals surface area contributed by atoms with Crippen LogP contribution >= 0.6 is 11.6 Å². The highest BCUT2D eigenvalue weighted by molar-refractivity contribution is 6.30. The van der Waals surface area contributed by atoms with Crippen LogP contribution < -0.4 is 0 Å². The molecule has 0 radical (unpaired) electrons. The van der Waals surface area contributed by atoms with Gasteiger partial charge in [-0.15, -0.1) is 0 Å². The summed E-state index contributed by atoms with van der Waals surface area (Å²) in [5.41, 5.74) is 0.710. The van der Waals surface area contributed by atoms with Crippen LogP contribution in [0.2, 0.25) is 5.02 Å². The lowest BCUT2D eigenvalue weighted by atomic mass is 9.69. The molecule has 2 aliphatic rings. The number of carbonyl (C=O) groups is 1. The molecule has 114 valence electrons. The number of halogens is 1. The van der Waals surface area contributed by atoms with Crippen LogP contribution in [0.3, 0.4) is 0 Å². The van der Waals surface area contributed by atoms with Gasteiger partial charge in [-0.25, -0.2) is 4.79 Å². The van der Waals surface area contributed by atoms with E-state index in [1.54, 1.807) is 31.2 Å². The lowest BCUT2D eigenvalue weighted by Crippen LogP contribution is -2.54. The fraction of sp³-hybridized carbons (Fsp3) is 0.562. The zero-order valence-electron chi connectivity index (χ0n) is 12.1. The molecule has 3 rings (SSSR count). The second-order valence-electron chi connectivity index (χ2n) is 5.77. The van der Waals surface area contributed by atoms with E-state index in [1.807, 2.05) is 0 Å². The molecule has 1 saturated heterocycles. The molecular weight excluding hydrogens is 292 g/mol. The number of rotatable bonds is 3. The molecule has 0 amide bonds. The summed E-state index contributed by atoms with van der Waals surface area (Å²) in [6.45, 7) is 3.10. The Morgan fingerprint density at radius 1 is 1.24 bits per heavy atom.